The Labute approximate surface area is 143 Å². The lowest BCUT2D eigenvalue weighted by atomic mass is 9.71. The smallest absolute Gasteiger partial charge is 0.339 e. The van der Waals surface area contributed by atoms with Crippen LogP contribution in [0.3, 0.4) is 0 Å². The predicted molar refractivity (Wildman–Crippen MR) is 92.9 cm³/mol. The highest BCUT2D eigenvalue weighted by molar-refractivity contribution is 6.03. The quantitative estimate of drug-likeness (QED) is 0.606. The molecule has 2 rings (SSSR count). The first-order valence-corrected chi connectivity index (χ1v) is 8.34. The summed E-state index contributed by atoms with van der Waals surface area (Å²) >= 11 is 0. The summed E-state index contributed by atoms with van der Waals surface area (Å²) < 4.78 is 10.6. The molecule has 1 aromatic rings. The maximum Gasteiger partial charge on any atom is 0.339 e. The third-order valence-electron chi connectivity index (χ3n) is 5.24. The maximum atomic E-state index is 12.7. The Kier molecular flexibility index (Phi) is 5.47. The zero-order chi connectivity index (χ0) is 17.9. The minimum Gasteiger partial charge on any atom is -0.465 e. The molecule has 0 N–H and O–H groups in total. The Morgan fingerprint density at radius 3 is 2.29 bits per heavy atom. The van der Waals surface area contributed by atoms with E-state index in [9.17, 15) is 9.59 Å². The topological polar surface area (TPSA) is 52.6 Å². The fraction of sp³-hybridized carbons (Fsp3) is 0.500. The van der Waals surface area contributed by atoms with Gasteiger partial charge in [-0.1, -0.05) is 31.2 Å². The summed E-state index contributed by atoms with van der Waals surface area (Å²) in [7, 11) is 1.30. The van der Waals surface area contributed by atoms with Gasteiger partial charge in [-0.2, -0.15) is 0 Å². The van der Waals surface area contributed by atoms with Gasteiger partial charge >= 0.3 is 11.9 Å². The van der Waals surface area contributed by atoms with Crippen LogP contribution in [0.15, 0.2) is 36.4 Å². The van der Waals surface area contributed by atoms with Gasteiger partial charge in [-0.3, -0.25) is 0 Å². The van der Waals surface area contributed by atoms with E-state index in [-0.39, 0.29) is 17.0 Å². The van der Waals surface area contributed by atoms with Gasteiger partial charge in [0.15, 0.2) is 0 Å². The molecule has 0 aliphatic heterocycles. The van der Waals surface area contributed by atoms with E-state index in [1.165, 1.54) is 12.7 Å². The molecule has 24 heavy (non-hydrogen) atoms. The third kappa shape index (κ3) is 3.69. The number of allylic oxidation sites excluding steroid dienone is 1. The van der Waals surface area contributed by atoms with Crippen molar-refractivity contribution in [2.45, 2.75) is 45.6 Å². The molecule has 0 aromatic heterocycles. The molecule has 0 amide bonds. The van der Waals surface area contributed by atoms with E-state index in [0.717, 1.165) is 19.3 Å². The van der Waals surface area contributed by atoms with E-state index in [2.05, 4.69) is 20.4 Å². The van der Waals surface area contributed by atoms with Crippen molar-refractivity contribution in [1.82, 2.24) is 0 Å². The van der Waals surface area contributed by atoms with Gasteiger partial charge in [-0.25, -0.2) is 9.59 Å². The summed E-state index contributed by atoms with van der Waals surface area (Å²) in [5.41, 5.74) is 1.13. The van der Waals surface area contributed by atoms with E-state index < -0.39 is 17.5 Å². The number of rotatable bonds is 4. The fourth-order valence-electron chi connectivity index (χ4n) is 3.32. The van der Waals surface area contributed by atoms with Gasteiger partial charge in [0.2, 0.25) is 0 Å². The number of hydrogen-bond acceptors (Lipinski definition) is 4. The number of ether oxygens (including phenoxy) is 2. The molecular weight excluding hydrogens is 304 g/mol. The first-order chi connectivity index (χ1) is 11.3. The van der Waals surface area contributed by atoms with Crippen LogP contribution < -0.4 is 0 Å². The Morgan fingerprint density at radius 1 is 1.21 bits per heavy atom. The van der Waals surface area contributed by atoms with Crippen molar-refractivity contribution < 1.29 is 19.1 Å². The molecule has 0 saturated heterocycles. The molecule has 1 aromatic carbocycles. The molecular formula is C20H26O4. The largest absolute Gasteiger partial charge is 0.465 e. The highest BCUT2D eigenvalue weighted by atomic mass is 16.6. The summed E-state index contributed by atoms with van der Waals surface area (Å²) in [6, 6.07) is 6.59. The van der Waals surface area contributed by atoms with E-state index in [0.29, 0.717) is 5.92 Å². The Hall–Kier alpha value is -2.10. The SMILES string of the molecule is C=C(C)C1CCC(C)(OC(=O)c2ccccc2C(=O)OC)C(C)C1. The van der Waals surface area contributed by atoms with Gasteiger partial charge in [0.1, 0.15) is 5.60 Å². The van der Waals surface area contributed by atoms with Crippen LogP contribution in [0.5, 0.6) is 0 Å². The van der Waals surface area contributed by atoms with Gasteiger partial charge < -0.3 is 9.47 Å². The molecule has 0 radical (unpaired) electrons. The van der Waals surface area contributed by atoms with Crippen molar-refractivity contribution in [3.63, 3.8) is 0 Å². The van der Waals surface area contributed by atoms with Crippen molar-refractivity contribution in [3.05, 3.63) is 47.5 Å². The van der Waals surface area contributed by atoms with E-state index in [4.69, 9.17) is 9.47 Å². The lowest BCUT2D eigenvalue weighted by Gasteiger charge is -2.42. The number of carbonyl (C=O) groups excluding carboxylic acids is 2. The van der Waals surface area contributed by atoms with Crippen LogP contribution in [-0.4, -0.2) is 24.6 Å². The first kappa shape index (κ1) is 18.2. The lowest BCUT2D eigenvalue weighted by molar-refractivity contribution is -0.0617. The summed E-state index contributed by atoms with van der Waals surface area (Å²) in [6.45, 7) is 10.2. The zero-order valence-corrected chi connectivity index (χ0v) is 14.9. The van der Waals surface area contributed by atoms with Crippen LogP contribution in [-0.2, 0) is 9.47 Å². The lowest BCUT2D eigenvalue weighted by Crippen LogP contribution is -2.43. The van der Waals surface area contributed by atoms with Gasteiger partial charge in [0.05, 0.1) is 18.2 Å². The molecule has 130 valence electrons. The Morgan fingerprint density at radius 2 is 1.79 bits per heavy atom. The monoisotopic (exact) mass is 330 g/mol. The second kappa shape index (κ2) is 7.20. The second-order valence-electron chi connectivity index (χ2n) is 6.96. The molecule has 0 spiro atoms. The summed E-state index contributed by atoms with van der Waals surface area (Å²) in [5.74, 6) is -0.304. The first-order valence-electron chi connectivity index (χ1n) is 8.34. The van der Waals surface area contributed by atoms with E-state index >= 15 is 0 Å². The molecule has 4 nitrogen and oxygen atoms in total. The van der Waals surface area contributed by atoms with E-state index in [1.807, 2.05) is 6.92 Å². The molecule has 0 bridgehead atoms. The highest BCUT2D eigenvalue weighted by Gasteiger charge is 2.41. The number of hydrogen-bond donors (Lipinski definition) is 0. The molecule has 3 atom stereocenters. The van der Waals surface area contributed by atoms with Crippen molar-refractivity contribution in [2.24, 2.45) is 11.8 Å². The average molecular weight is 330 g/mol. The number of carbonyl (C=O) groups is 2. The minimum absolute atomic E-state index is 0.224. The fourth-order valence-corrected chi connectivity index (χ4v) is 3.32. The molecule has 1 fully saturated rings. The standard InChI is InChI=1S/C20H26O4/c1-13(2)15-10-11-20(4,14(3)12-15)24-19(22)17-9-7-6-8-16(17)18(21)23-5/h6-9,14-15H,1,10-12H2,2-5H3. The van der Waals surface area contributed by atoms with Gasteiger partial charge in [-0.05, 0) is 57.1 Å². The van der Waals surface area contributed by atoms with Crippen LogP contribution in [0.1, 0.15) is 60.7 Å². The van der Waals surface area contributed by atoms with Crippen molar-refractivity contribution in [1.29, 1.82) is 0 Å². The van der Waals surface area contributed by atoms with Crippen LogP contribution in [0.2, 0.25) is 0 Å². The normalized spacial score (nSPS) is 26.5. The van der Waals surface area contributed by atoms with Crippen LogP contribution in [0.4, 0.5) is 0 Å². The molecule has 3 unspecified atom stereocenters. The second-order valence-corrected chi connectivity index (χ2v) is 6.96. The summed E-state index contributed by atoms with van der Waals surface area (Å²) in [6.07, 6.45) is 2.71. The third-order valence-corrected chi connectivity index (χ3v) is 5.24. The van der Waals surface area contributed by atoms with Crippen molar-refractivity contribution in [2.75, 3.05) is 7.11 Å². The number of benzene rings is 1. The molecule has 0 heterocycles. The summed E-state index contributed by atoms with van der Waals surface area (Å²) in [5, 5.41) is 0. The Bertz CT molecular complexity index is 649. The molecule has 1 aliphatic carbocycles. The van der Waals surface area contributed by atoms with Crippen LogP contribution in [0.25, 0.3) is 0 Å². The minimum atomic E-state index is -0.535. The highest BCUT2D eigenvalue weighted by Crippen LogP contribution is 2.42. The van der Waals surface area contributed by atoms with Crippen molar-refractivity contribution >= 4 is 11.9 Å². The van der Waals surface area contributed by atoms with Gasteiger partial charge in [0.25, 0.3) is 0 Å². The van der Waals surface area contributed by atoms with Crippen LogP contribution >= 0.6 is 0 Å². The zero-order valence-electron chi connectivity index (χ0n) is 14.9. The van der Waals surface area contributed by atoms with Crippen LogP contribution in [0, 0.1) is 11.8 Å². The number of esters is 2. The van der Waals surface area contributed by atoms with Gasteiger partial charge in [-0.15, -0.1) is 0 Å². The van der Waals surface area contributed by atoms with Gasteiger partial charge in [0, 0.05) is 0 Å². The molecule has 1 saturated carbocycles. The average Bonchev–Trinajstić information content (AvgIpc) is 2.56. The number of methoxy groups -OCH3 is 1. The van der Waals surface area contributed by atoms with Crippen molar-refractivity contribution in [3.8, 4) is 0 Å². The predicted octanol–water partition coefficient (Wildman–Crippen LogP) is 4.40. The molecule has 4 heteroatoms. The summed E-state index contributed by atoms with van der Waals surface area (Å²) in [4.78, 5) is 24.5. The molecule has 1 aliphatic rings. The maximum absolute atomic E-state index is 12.7. The Balaban J connectivity index is 2.18. The van der Waals surface area contributed by atoms with E-state index in [1.54, 1.807) is 24.3 Å².